The molecule has 0 bridgehead atoms. The molecule has 0 aliphatic carbocycles. The summed E-state index contributed by atoms with van der Waals surface area (Å²) >= 11 is 2.89. The van der Waals surface area contributed by atoms with Crippen LogP contribution in [0.3, 0.4) is 0 Å². The number of ketones is 1. The van der Waals surface area contributed by atoms with Crippen LogP contribution in [-0.2, 0) is 9.53 Å². The quantitative estimate of drug-likeness (QED) is 0.0308. The number of benzene rings is 2. The molecule has 0 aliphatic heterocycles. The Morgan fingerprint density at radius 2 is 1.50 bits per heavy atom. The number of thiazole rings is 1. The minimum absolute atomic E-state index is 0.188. The summed E-state index contributed by atoms with van der Waals surface area (Å²) in [5.41, 5.74) is 3.15. The first-order valence-electron chi connectivity index (χ1n) is 16.0. The van der Waals surface area contributed by atoms with Crippen molar-refractivity contribution in [3.05, 3.63) is 72.8 Å². The predicted molar refractivity (Wildman–Crippen MR) is 189 cm³/mol. The maximum Gasteiger partial charge on any atom is 0.330 e. The fourth-order valence-corrected chi connectivity index (χ4v) is 6.65. The smallest absolute Gasteiger partial charge is 0.330 e. The summed E-state index contributed by atoms with van der Waals surface area (Å²) in [6.07, 6.45) is 11.5. The second-order valence-corrected chi connectivity index (χ2v) is 12.8. The molecule has 4 rings (SSSR count). The maximum absolute atomic E-state index is 12.6. The summed E-state index contributed by atoms with van der Waals surface area (Å²) in [6, 6.07) is 17.0. The van der Waals surface area contributed by atoms with Crippen LogP contribution < -0.4 is 4.90 Å². The van der Waals surface area contributed by atoms with E-state index in [1.165, 1.54) is 61.2 Å². The molecule has 0 saturated heterocycles. The van der Waals surface area contributed by atoms with Crippen molar-refractivity contribution in [1.82, 2.24) is 4.98 Å². The van der Waals surface area contributed by atoms with Crippen LogP contribution >= 0.6 is 22.7 Å². The first-order chi connectivity index (χ1) is 22.5. The highest BCUT2D eigenvalue weighted by atomic mass is 32.1. The Morgan fingerprint density at radius 1 is 0.848 bits per heavy atom. The van der Waals surface area contributed by atoms with Crippen molar-refractivity contribution >= 4 is 71.2 Å². The highest BCUT2D eigenvalue weighted by Crippen LogP contribution is 2.39. The van der Waals surface area contributed by atoms with E-state index in [4.69, 9.17) is 4.74 Å². The van der Waals surface area contributed by atoms with Gasteiger partial charge in [0.15, 0.2) is 5.78 Å². The van der Waals surface area contributed by atoms with Gasteiger partial charge >= 0.3 is 5.97 Å². The first kappa shape index (κ1) is 34.8. The molecular weight excluding hydrogens is 617 g/mol. The molecule has 11 heteroatoms. The number of esters is 1. The van der Waals surface area contributed by atoms with Gasteiger partial charge in [-0.3, -0.25) is 4.79 Å². The molecule has 0 N–H and O–H groups in total. The number of fused-ring (bicyclic) bond motifs is 1. The van der Waals surface area contributed by atoms with Gasteiger partial charge in [0.1, 0.15) is 16.4 Å². The van der Waals surface area contributed by atoms with Crippen LogP contribution in [0.15, 0.2) is 87.7 Å². The number of azo groups is 2. The zero-order valence-electron chi connectivity index (χ0n) is 26.7. The lowest BCUT2D eigenvalue weighted by Crippen LogP contribution is -2.27. The third-order valence-corrected chi connectivity index (χ3v) is 9.32. The van der Waals surface area contributed by atoms with E-state index in [0.29, 0.717) is 36.1 Å². The van der Waals surface area contributed by atoms with Crippen LogP contribution in [0.2, 0.25) is 0 Å². The second kappa shape index (κ2) is 18.8. The number of carbonyl (C=O) groups excluding carboxylic acids is 2. The molecule has 0 amide bonds. The molecule has 0 spiro atoms. The van der Waals surface area contributed by atoms with Crippen molar-refractivity contribution in [2.45, 2.75) is 71.6 Å². The summed E-state index contributed by atoms with van der Waals surface area (Å²) in [4.78, 5) is 31.3. The fourth-order valence-electron chi connectivity index (χ4n) is 4.80. The van der Waals surface area contributed by atoms with Crippen LogP contribution in [0.1, 0.15) is 82.0 Å². The monoisotopic (exact) mass is 658 g/mol. The van der Waals surface area contributed by atoms with E-state index in [2.05, 4.69) is 43.8 Å². The Bertz CT molecular complexity index is 1580. The number of rotatable bonds is 20. The van der Waals surface area contributed by atoms with E-state index in [1.807, 2.05) is 61.5 Å². The zero-order valence-corrected chi connectivity index (χ0v) is 28.3. The second-order valence-electron chi connectivity index (χ2n) is 10.8. The van der Waals surface area contributed by atoms with Crippen molar-refractivity contribution in [2.75, 3.05) is 24.6 Å². The minimum atomic E-state index is -0.422. The highest BCUT2D eigenvalue weighted by Gasteiger charge is 2.10. The van der Waals surface area contributed by atoms with Crippen LogP contribution in [0.4, 0.5) is 27.2 Å². The average molecular weight is 659 g/mol. The number of likely N-dealkylation sites (N-methyl/N-ethyl adjacent to an activating group) is 1. The van der Waals surface area contributed by atoms with Crippen molar-refractivity contribution < 1.29 is 14.3 Å². The van der Waals surface area contributed by atoms with E-state index in [0.717, 1.165) is 51.2 Å². The third kappa shape index (κ3) is 11.1. The standard InChI is InChI=1S/C35H42N6O3S2/c1-4-7-8-9-10-11-12-13-14-30(42)26-15-17-27(18-16-26)37-39-32-25-31-34(46-32)36-35(45-31)40-38-28-19-21-29(22-20-28)41(6-3)23-24-44-33(43)5-2/h5,15-22,25H,2,4,6-14,23-24H2,1,3H3. The van der Waals surface area contributed by atoms with E-state index >= 15 is 0 Å². The van der Waals surface area contributed by atoms with Gasteiger partial charge in [-0.15, -0.1) is 20.5 Å². The van der Waals surface area contributed by atoms with Gasteiger partial charge in [0.25, 0.3) is 0 Å². The van der Waals surface area contributed by atoms with Crippen LogP contribution in [0.5, 0.6) is 0 Å². The minimum Gasteiger partial charge on any atom is -0.461 e. The molecule has 46 heavy (non-hydrogen) atoms. The molecule has 2 aromatic heterocycles. The first-order valence-corrected chi connectivity index (χ1v) is 17.6. The van der Waals surface area contributed by atoms with Crippen molar-refractivity contribution in [2.24, 2.45) is 20.5 Å². The number of carbonyl (C=O) groups is 2. The molecule has 242 valence electrons. The highest BCUT2D eigenvalue weighted by molar-refractivity contribution is 7.30. The lowest BCUT2D eigenvalue weighted by atomic mass is 10.0. The Hall–Kier alpha value is -4.09. The predicted octanol–water partition coefficient (Wildman–Crippen LogP) is 11.5. The van der Waals surface area contributed by atoms with Gasteiger partial charge in [-0.2, -0.15) is 0 Å². The lowest BCUT2D eigenvalue weighted by molar-refractivity contribution is -0.137. The number of unbranched alkanes of at least 4 members (excludes halogenated alkanes) is 7. The number of ether oxygens (including phenoxy) is 1. The molecule has 0 radical (unpaired) electrons. The van der Waals surface area contributed by atoms with E-state index in [-0.39, 0.29) is 5.78 Å². The number of anilines is 1. The Balaban J connectivity index is 1.24. The molecule has 4 aromatic rings. The van der Waals surface area contributed by atoms with Gasteiger partial charge in [-0.25, -0.2) is 9.78 Å². The number of thiophene rings is 1. The Kier molecular flexibility index (Phi) is 14.2. The summed E-state index contributed by atoms with van der Waals surface area (Å²) in [5.74, 6) is -0.234. The topological polar surface area (TPSA) is 109 Å². The molecule has 2 heterocycles. The largest absolute Gasteiger partial charge is 0.461 e. The van der Waals surface area contributed by atoms with Crippen LogP contribution in [0.25, 0.3) is 9.53 Å². The van der Waals surface area contributed by atoms with Gasteiger partial charge < -0.3 is 9.64 Å². The van der Waals surface area contributed by atoms with Crippen LogP contribution in [0, 0.1) is 0 Å². The average Bonchev–Trinajstić information content (AvgIpc) is 3.65. The van der Waals surface area contributed by atoms with Crippen LogP contribution in [-0.4, -0.2) is 36.4 Å². The molecule has 0 atom stereocenters. The maximum atomic E-state index is 12.6. The van der Waals surface area contributed by atoms with Crippen molar-refractivity contribution in [1.29, 1.82) is 0 Å². The molecule has 0 unspecified atom stereocenters. The number of hydrogen-bond donors (Lipinski definition) is 0. The summed E-state index contributed by atoms with van der Waals surface area (Å²) in [7, 11) is 0. The van der Waals surface area contributed by atoms with Crippen molar-refractivity contribution in [3.8, 4) is 0 Å². The third-order valence-electron chi connectivity index (χ3n) is 7.40. The van der Waals surface area contributed by atoms with E-state index in [9.17, 15) is 9.59 Å². The Labute approximate surface area is 279 Å². The zero-order chi connectivity index (χ0) is 32.6. The summed E-state index contributed by atoms with van der Waals surface area (Å²) < 4.78 is 6.07. The molecule has 9 nitrogen and oxygen atoms in total. The van der Waals surface area contributed by atoms with Gasteiger partial charge in [0.2, 0.25) is 5.13 Å². The Morgan fingerprint density at radius 3 is 2.15 bits per heavy atom. The van der Waals surface area contributed by atoms with Gasteiger partial charge in [-0.05, 0) is 67.9 Å². The van der Waals surface area contributed by atoms with Gasteiger partial charge in [-0.1, -0.05) is 81.1 Å². The SMILES string of the molecule is C=CC(=O)OCCN(CC)c1ccc(N=Nc2nc3sc(N=Nc4ccc(C(=O)CCCCCCCCCC)cc4)cc3s2)cc1. The summed E-state index contributed by atoms with van der Waals surface area (Å²) in [5, 5.41) is 18.7. The summed E-state index contributed by atoms with van der Waals surface area (Å²) in [6.45, 7) is 9.34. The molecule has 2 aromatic carbocycles. The van der Waals surface area contributed by atoms with E-state index < -0.39 is 5.97 Å². The van der Waals surface area contributed by atoms with Gasteiger partial charge in [0.05, 0.1) is 22.6 Å². The molecule has 0 fully saturated rings. The van der Waals surface area contributed by atoms with E-state index in [1.54, 1.807) is 0 Å². The lowest BCUT2D eigenvalue weighted by Gasteiger charge is -2.22. The molecule has 0 aliphatic rings. The number of nitrogens with zero attached hydrogens (tertiary/aromatic N) is 6. The number of hydrogen-bond acceptors (Lipinski definition) is 11. The fraction of sp³-hybridized carbons (Fsp3) is 0.400. The number of aromatic nitrogens is 1. The van der Waals surface area contributed by atoms with Crippen molar-refractivity contribution in [3.63, 3.8) is 0 Å². The normalized spacial score (nSPS) is 11.5. The molecular formula is C35H42N6O3S2. The number of Topliss-reactive ketones (excluding diaryl/α,β-unsaturated/α-hetero) is 1. The molecule has 0 saturated carbocycles. The van der Waals surface area contributed by atoms with Gasteiger partial charge in [0, 0.05) is 30.3 Å².